The first kappa shape index (κ1) is 18.8. The molecule has 1 saturated heterocycles. The minimum atomic E-state index is -0.290. The van der Waals surface area contributed by atoms with Crippen molar-refractivity contribution < 1.29 is 14.3 Å². The van der Waals surface area contributed by atoms with Crippen molar-refractivity contribution in [2.75, 3.05) is 25.0 Å². The van der Waals surface area contributed by atoms with Gasteiger partial charge < -0.3 is 15.0 Å². The molecule has 2 heterocycles. The molecule has 0 saturated carbocycles. The third-order valence-electron chi connectivity index (χ3n) is 4.55. The van der Waals surface area contributed by atoms with Gasteiger partial charge in [-0.15, -0.1) is 0 Å². The highest BCUT2D eigenvalue weighted by Gasteiger charge is 2.24. The molecule has 1 aromatic heterocycles. The monoisotopic (exact) mass is 371 g/mol. The maximum absolute atomic E-state index is 12.3. The molecule has 8 nitrogen and oxygen atoms in total. The number of piperidine rings is 1. The molecule has 1 aliphatic rings. The van der Waals surface area contributed by atoms with E-state index < -0.39 is 0 Å². The topological polar surface area (TPSA) is 88.5 Å². The Morgan fingerprint density at radius 2 is 1.93 bits per heavy atom. The highest BCUT2D eigenvalue weighted by Crippen LogP contribution is 2.21. The second kappa shape index (κ2) is 8.57. The van der Waals surface area contributed by atoms with Gasteiger partial charge in [0.25, 0.3) is 0 Å². The molecule has 0 aliphatic carbocycles. The van der Waals surface area contributed by atoms with Gasteiger partial charge in [0.1, 0.15) is 0 Å². The molecule has 8 heteroatoms. The average molecular weight is 371 g/mol. The van der Waals surface area contributed by atoms with Gasteiger partial charge in [0.05, 0.1) is 12.3 Å². The summed E-state index contributed by atoms with van der Waals surface area (Å²) in [7, 11) is 1.84. The number of carbonyl (C=O) groups is 2. The average Bonchev–Trinajstić information content (AvgIpc) is 3.03. The lowest BCUT2D eigenvalue weighted by atomic mass is 10.1. The number of hydrogen-bond donors (Lipinski definition) is 2. The zero-order valence-corrected chi connectivity index (χ0v) is 15.6. The summed E-state index contributed by atoms with van der Waals surface area (Å²) < 4.78 is 6.74. The Morgan fingerprint density at radius 1 is 1.22 bits per heavy atom. The number of ether oxygens (including phenoxy) is 1. The zero-order valence-electron chi connectivity index (χ0n) is 15.6. The summed E-state index contributed by atoms with van der Waals surface area (Å²) >= 11 is 0. The zero-order chi connectivity index (χ0) is 19.2. The molecule has 0 bridgehead atoms. The van der Waals surface area contributed by atoms with Gasteiger partial charge in [0.15, 0.2) is 5.82 Å². The number of aryl methyl sites for hydroxylation is 1. The number of urea groups is 1. The third kappa shape index (κ3) is 4.78. The van der Waals surface area contributed by atoms with Crippen molar-refractivity contribution in [2.45, 2.75) is 25.8 Å². The fourth-order valence-corrected chi connectivity index (χ4v) is 3.17. The minimum Gasteiger partial charge on any atom is -0.450 e. The summed E-state index contributed by atoms with van der Waals surface area (Å²) in [5.41, 5.74) is 1.96. The lowest BCUT2D eigenvalue weighted by molar-refractivity contribution is 0.0959. The molecular formula is C19H25N5O3. The van der Waals surface area contributed by atoms with Crippen LogP contribution in [0.4, 0.5) is 15.4 Å². The summed E-state index contributed by atoms with van der Waals surface area (Å²) in [6, 6.07) is 11.5. The number of rotatable bonds is 4. The smallest absolute Gasteiger partial charge is 0.409 e. The van der Waals surface area contributed by atoms with Gasteiger partial charge in [-0.25, -0.2) is 9.59 Å². The Bertz CT molecular complexity index is 782. The Hall–Kier alpha value is -3.03. The molecule has 0 atom stereocenters. The van der Waals surface area contributed by atoms with Crippen LogP contribution in [0.3, 0.4) is 0 Å². The van der Waals surface area contributed by atoms with Crippen molar-refractivity contribution in [1.82, 2.24) is 20.0 Å². The van der Waals surface area contributed by atoms with Crippen LogP contribution in [0.25, 0.3) is 11.3 Å². The predicted octanol–water partition coefficient (Wildman–Crippen LogP) is 2.83. The molecule has 0 unspecified atom stereocenters. The maximum Gasteiger partial charge on any atom is 0.409 e. The largest absolute Gasteiger partial charge is 0.450 e. The first-order valence-corrected chi connectivity index (χ1v) is 9.15. The van der Waals surface area contributed by atoms with E-state index in [-0.39, 0.29) is 18.2 Å². The predicted molar refractivity (Wildman–Crippen MR) is 102 cm³/mol. The van der Waals surface area contributed by atoms with Crippen molar-refractivity contribution in [1.29, 1.82) is 0 Å². The van der Waals surface area contributed by atoms with Crippen LogP contribution < -0.4 is 10.6 Å². The highest BCUT2D eigenvalue weighted by atomic mass is 16.6. The van der Waals surface area contributed by atoms with Crippen LogP contribution in [-0.2, 0) is 11.8 Å². The van der Waals surface area contributed by atoms with Gasteiger partial charge >= 0.3 is 12.1 Å². The van der Waals surface area contributed by atoms with E-state index >= 15 is 0 Å². The Morgan fingerprint density at radius 3 is 2.59 bits per heavy atom. The van der Waals surface area contributed by atoms with Crippen LogP contribution in [0.2, 0.25) is 0 Å². The van der Waals surface area contributed by atoms with Crippen molar-refractivity contribution in [3.63, 3.8) is 0 Å². The molecule has 2 N–H and O–H groups in total. The van der Waals surface area contributed by atoms with Crippen molar-refractivity contribution in [3.05, 3.63) is 36.4 Å². The number of amides is 3. The molecular weight excluding hydrogens is 346 g/mol. The van der Waals surface area contributed by atoms with Gasteiger partial charge in [-0.05, 0) is 25.3 Å². The SMILES string of the molecule is CCOC(=O)N1CCC(NC(=O)Nc2cc(-c3ccccc3)n(C)n2)CC1. The maximum atomic E-state index is 12.3. The van der Waals surface area contributed by atoms with Gasteiger partial charge in [0.2, 0.25) is 0 Å². The number of carbonyl (C=O) groups excluding carboxylic acids is 2. The van der Waals surface area contributed by atoms with Crippen molar-refractivity contribution >= 4 is 17.9 Å². The lowest BCUT2D eigenvalue weighted by Crippen LogP contribution is -2.47. The molecule has 3 amide bonds. The van der Waals surface area contributed by atoms with Crippen LogP contribution in [0.15, 0.2) is 36.4 Å². The number of anilines is 1. The summed E-state index contributed by atoms with van der Waals surface area (Å²) in [6.45, 7) is 3.31. The van der Waals surface area contributed by atoms with Crippen LogP contribution in [0.1, 0.15) is 19.8 Å². The van der Waals surface area contributed by atoms with Gasteiger partial charge in [-0.3, -0.25) is 10.00 Å². The Kier molecular flexibility index (Phi) is 5.95. The van der Waals surface area contributed by atoms with Gasteiger partial charge in [0, 0.05) is 32.2 Å². The molecule has 1 aromatic carbocycles. The van der Waals surface area contributed by atoms with Gasteiger partial charge in [-0.2, -0.15) is 5.10 Å². The molecule has 27 heavy (non-hydrogen) atoms. The summed E-state index contributed by atoms with van der Waals surface area (Å²) in [5.74, 6) is 0.498. The molecule has 1 aliphatic heterocycles. The normalized spacial score (nSPS) is 14.7. The number of hydrogen-bond acceptors (Lipinski definition) is 4. The van der Waals surface area contributed by atoms with Crippen LogP contribution in [0.5, 0.6) is 0 Å². The standard InChI is InChI=1S/C19H25N5O3/c1-3-27-19(26)24-11-9-15(10-12-24)20-18(25)21-17-13-16(23(2)22-17)14-7-5-4-6-8-14/h4-8,13,15H,3,9-12H2,1-2H3,(H2,20,21,22,25). The molecule has 1 fully saturated rings. The van der Waals surface area contributed by atoms with E-state index in [1.807, 2.05) is 43.4 Å². The molecule has 2 aromatic rings. The summed E-state index contributed by atoms with van der Waals surface area (Å²) in [6.07, 6.45) is 1.11. The first-order valence-electron chi connectivity index (χ1n) is 9.15. The van der Waals surface area contributed by atoms with E-state index in [2.05, 4.69) is 15.7 Å². The van der Waals surface area contributed by atoms with E-state index in [0.29, 0.717) is 38.4 Å². The van der Waals surface area contributed by atoms with Crippen molar-refractivity contribution in [2.24, 2.45) is 7.05 Å². The fourth-order valence-electron chi connectivity index (χ4n) is 3.17. The number of nitrogens with one attached hydrogen (secondary N) is 2. The van der Waals surface area contributed by atoms with Gasteiger partial charge in [-0.1, -0.05) is 30.3 Å². The Balaban J connectivity index is 1.51. The van der Waals surface area contributed by atoms with E-state index in [1.165, 1.54) is 0 Å². The summed E-state index contributed by atoms with van der Waals surface area (Å²) in [4.78, 5) is 25.7. The summed E-state index contributed by atoms with van der Waals surface area (Å²) in [5, 5.41) is 10.1. The second-order valence-electron chi connectivity index (χ2n) is 6.46. The van der Waals surface area contributed by atoms with E-state index in [9.17, 15) is 9.59 Å². The quantitative estimate of drug-likeness (QED) is 0.865. The number of benzene rings is 1. The fraction of sp³-hybridized carbons (Fsp3) is 0.421. The lowest BCUT2D eigenvalue weighted by Gasteiger charge is -2.31. The molecule has 144 valence electrons. The number of aromatic nitrogens is 2. The number of nitrogens with zero attached hydrogens (tertiary/aromatic N) is 3. The molecule has 0 spiro atoms. The van der Waals surface area contributed by atoms with E-state index in [1.54, 1.807) is 16.5 Å². The van der Waals surface area contributed by atoms with E-state index in [4.69, 9.17) is 4.74 Å². The van der Waals surface area contributed by atoms with E-state index in [0.717, 1.165) is 11.3 Å². The first-order chi connectivity index (χ1) is 13.1. The Labute approximate surface area is 158 Å². The highest BCUT2D eigenvalue weighted by molar-refractivity contribution is 5.89. The van der Waals surface area contributed by atoms with Crippen LogP contribution >= 0.6 is 0 Å². The van der Waals surface area contributed by atoms with Crippen LogP contribution in [-0.4, -0.2) is 52.5 Å². The molecule has 0 radical (unpaired) electrons. The minimum absolute atomic E-state index is 0.0213. The second-order valence-corrected chi connectivity index (χ2v) is 6.46. The van der Waals surface area contributed by atoms with Crippen molar-refractivity contribution in [3.8, 4) is 11.3 Å². The number of likely N-dealkylation sites (tertiary alicyclic amines) is 1. The third-order valence-corrected chi connectivity index (χ3v) is 4.55. The molecule has 3 rings (SSSR count). The van der Waals surface area contributed by atoms with Crippen LogP contribution in [0, 0.1) is 0 Å².